The van der Waals surface area contributed by atoms with Gasteiger partial charge in [-0.15, -0.1) is 0 Å². The molecule has 0 saturated heterocycles. The number of nitrogens with one attached hydrogen (secondary N) is 1. The van der Waals surface area contributed by atoms with Gasteiger partial charge in [-0.05, 0) is 29.7 Å². The normalized spacial score (nSPS) is 12.5. The molecule has 66 valence electrons. The van der Waals surface area contributed by atoms with E-state index in [1.54, 1.807) is 0 Å². The fourth-order valence-electron chi connectivity index (χ4n) is 1.03. The van der Waals surface area contributed by atoms with E-state index in [0.717, 1.165) is 11.3 Å². The van der Waals surface area contributed by atoms with Crippen LogP contribution in [0.4, 0.5) is 0 Å². The average molecular weight is 165 g/mol. The summed E-state index contributed by atoms with van der Waals surface area (Å²) in [5.74, 6) is 0.401. The first-order valence-corrected chi connectivity index (χ1v) is 4.18. The summed E-state index contributed by atoms with van der Waals surface area (Å²) in [7, 11) is 0. The van der Waals surface area contributed by atoms with Gasteiger partial charge in [0.2, 0.25) is 0 Å². The molecule has 0 spiro atoms. The Hall–Kier alpha value is -1.02. The minimum Gasteiger partial charge on any atom is -0.392 e. The molecule has 2 N–H and O–H groups in total. The zero-order valence-electron chi connectivity index (χ0n) is 7.54. The second-order valence-electron chi connectivity index (χ2n) is 3.16. The van der Waals surface area contributed by atoms with E-state index in [9.17, 15) is 0 Å². The van der Waals surface area contributed by atoms with Crippen molar-refractivity contribution < 1.29 is 5.11 Å². The third-order valence-electron chi connectivity index (χ3n) is 1.89. The van der Waals surface area contributed by atoms with Crippen molar-refractivity contribution in [2.45, 2.75) is 13.8 Å². The Morgan fingerprint density at radius 1 is 1.67 bits per heavy atom. The molecule has 0 saturated carbocycles. The number of hydrogen-bond donors (Lipinski definition) is 2. The molecule has 0 aromatic carbocycles. The second-order valence-corrected chi connectivity index (χ2v) is 3.16. The average Bonchev–Trinajstić information content (AvgIpc) is 2.51. The van der Waals surface area contributed by atoms with Gasteiger partial charge in [-0.25, -0.2) is 0 Å². The fourth-order valence-corrected chi connectivity index (χ4v) is 1.03. The number of aromatic nitrogens is 1. The monoisotopic (exact) mass is 165 g/mol. The molecule has 0 amide bonds. The first-order chi connectivity index (χ1) is 5.74. The molecular weight excluding hydrogens is 150 g/mol. The molecule has 0 atom stereocenters. The molecule has 2 nitrogen and oxygen atoms in total. The maximum atomic E-state index is 9.01. The third-order valence-corrected chi connectivity index (χ3v) is 1.89. The van der Waals surface area contributed by atoms with Gasteiger partial charge in [0.25, 0.3) is 0 Å². The lowest BCUT2D eigenvalue weighted by Gasteiger charge is -2.06. The number of rotatable bonds is 3. The predicted molar refractivity (Wildman–Crippen MR) is 50.7 cm³/mol. The van der Waals surface area contributed by atoms with Crippen LogP contribution >= 0.6 is 0 Å². The summed E-state index contributed by atoms with van der Waals surface area (Å²) in [6.07, 6.45) is 3.87. The summed E-state index contributed by atoms with van der Waals surface area (Å²) in [4.78, 5) is 3.07. The number of aromatic amines is 1. The summed E-state index contributed by atoms with van der Waals surface area (Å²) in [5.41, 5.74) is 2.10. The van der Waals surface area contributed by atoms with Crippen molar-refractivity contribution in [3.8, 4) is 0 Å². The van der Waals surface area contributed by atoms with Crippen LogP contribution in [0.2, 0.25) is 0 Å². The van der Waals surface area contributed by atoms with Gasteiger partial charge in [-0.1, -0.05) is 13.8 Å². The van der Waals surface area contributed by atoms with E-state index in [-0.39, 0.29) is 6.61 Å². The first kappa shape index (κ1) is 9.07. The van der Waals surface area contributed by atoms with Crippen LogP contribution in [0, 0.1) is 5.92 Å². The van der Waals surface area contributed by atoms with Crippen molar-refractivity contribution in [2.75, 3.05) is 6.61 Å². The third kappa shape index (κ3) is 2.24. The summed E-state index contributed by atoms with van der Waals surface area (Å²) >= 11 is 0. The largest absolute Gasteiger partial charge is 0.392 e. The Morgan fingerprint density at radius 2 is 2.42 bits per heavy atom. The first-order valence-electron chi connectivity index (χ1n) is 4.18. The Morgan fingerprint density at radius 3 is 2.83 bits per heavy atom. The van der Waals surface area contributed by atoms with Gasteiger partial charge in [-0.3, -0.25) is 0 Å². The standard InChI is InChI=1S/C10H15NO/c1-8(2)9(7-12)6-10-4-3-5-11-10/h3-6,8,11-12H,7H2,1-2H3/b9-6+. The topological polar surface area (TPSA) is 36.0 Å². The van der Waals surface area contributed by atoms with E-state index < -0.39 is 0 Å². The van der Waals surface area contributed by atoms with Gasteiger partial charge in [0, 0.05) is 11.9 Å². The van der Waals surface area contributed by atoms with Crippen LogP contribution in [-0.4, -0.2) is 16.7 Å². The van der Waals surface area contributed by atoms with Crippen molar-refractivity contribution in [2.24, 2.45) is 5.92 Å². The Kier molecular flexibility index (Phi) is 3.11. The zero-order chi connectivity index (χ0) is 8.97. The number of aliphatic hydroxyl groups is 1. The van der Waals surface area contributed by atoms with E-state index in [4.69, 9.17) is 5.11 Å². The highest BCUT2D eigenvalue weighted by atomic mass is 16.3. The molecule has 1 aromatic heterocycles. The van der Waals surface area contributed by atoms with Crippen LogP contribution < -0.4 is 0 Å². The van der Waals surface area contributed by atoms with E-state index in [0.29, 0.717) is 5.92 Å². The zero-order valence-corrected chi connectivity index (χ0v) is 7.54. The molecule has 0 fully saturated rings. The number of hydrogen-bond acceptors (Lipinski definition) is 1. The van der Waals surface area contributed by atoms with Crippen molar-refractivity contribution >= 4 is 6.08 Å². The van der Waals surface area contributed by atoms with E-state index >= 15 is 0 Å². The highest BCUT2D eigenvalue weighted by Crippen LogP contribution is 2.12. The lowest BCUT2D eigenvalue weighted by molar-refractivity contribution is 0.320. The molecule has 0 bridgehead atoms. The molecule has 1 heterocycles. The molecule has 0 aliphatic rings. The van der Waals surface area contributed by atoms with Crippen LogP contribution in [0.25, 0.3) is 6.08 Å². The molecule has 1 aromatic rings. The van der Waals surface area contributed by atoms with Crippen molar-refractivity contribution in [1.29, 1.82) is 0 Å². The SMILES string of the molecule is CC(C)/C(=C/c1ccc[nH]1)CO. The van der Waals surface area contributed by atoms with Crippen molar-refractivity contribution in [3.63, 3.8) is 0 Å². The Labute approximate surface area is 72.9 Å². The van der Waals surface area contributed by atoms with Crippen LogP contribution in [0.1, 0.15) is 19.5 Å². The molecular formula is C10H15NO. The Balaban J connectivity index is 2.78. The van der Waals surface area contributed by atoms with Crippen molar-refractivity contribution in [1.82, 2.24) is 4.98 Å². The molecule has 12 heavy (non-hydrogen) atoms. The lowest BCUT2D eigenvalue weighted by Crippen LogP contribution is -1.98. The smallest absolute Gasteiger partial charge is 0.0648 e. The van der Waals surface area contributed by atoms with Gasteiger partial charge < -0.3 is 10.1 Å². The van der Waals surface area contributed by atoms with Crippen LogP contribution in [0.3, 0.4) is 0 Å². The minimum atomic E-state index is 0.136. The highest BCUT2D eigenvalue weighted by Gasteiger charge is 2.01. The van der Waals surface area contributed by atoms with E-state index in [1.807, 2.05) is 24.4 Å². The molecule has 0 aliphatic heterocycles. The lowest BCUT2D eigenvalue weighted by atomic mass is 10.0. The van der Waals surface area contributed by atoms with Crippen LogP contribution in [-0.2, 0) is 0 Å². The van der Waals surface area contributed by atoms with Crippen LogP contribution in [0.15, 0.2) is 23.9 Å². The summed E-state index contributed by atoms with van der Waals surface area (Å²) in [6, 6.07) is 3.93. The highest BCUT2D eigenvalue weighted by molar-refractivity contribution is 5.49. The van der Waals surface area contributed by atoms with Crippen molar-refractivity contribution in [3.05, 3.63) is 29.6 Å². The van der Waals surface area contributed by atoms with E-state index in [1.165, 1.54) is 0 Å². The second kappa shape index (κ2) is 4.12. The number of H-pyrrole nitrogens is 1. The Bertz CT molecular complexity index is 247. The van der Waals surface area contributed by atoms with E-state index in [2.05, 4.69) is 18.8 Å². The van der Waals surface area contributed by atoms with Gasteiger partial charge >= 0.3 is 0 Å². The summed E-state index contributed by atoms with van der Waals surface area (Å²) < 4.78 is 0. The quantitative estimate of drug-likeness (QED) is 0.706. The van der Waals surface area contributed by atoms with Gasteiger partial charge in [0.1, 0.15) is 0 Å². The molecule has 2 heteroatoms. The van der Waals surface area contributed by atoms with Gasteiger partial charge in [0.05, 0.1) is 6.61 Å². The van der Waals surface area contributed by atoms with Gasteiger partial charge in [0.15, 0.2) is 0 Å². The fraction of sp³-hybridized carbons (Fsp3) is 0.400. The van der Waals surface area contributed by atoms with Gasteiger partial charge in [-0.2, -0.15) is 0 Å². The summed E-state index contributed by atoms with van der Waals surface area (Å²) in [6.45, 7) is 4.28. The van der Waals surface area contributed by atoms with Crippen LogP contribution in [0.5, 0.6) is 0 Å². The minimum absolute atomic E-state index is 0.136. The molecule has 0 unspecified atom stereocenters. The maximum absolute atomic E-state index is 9.01. The predicted octanol–water partition coefficient (Wildman–Crippen LogP) is 2.05. The molecule has 0 aliphatic carbocycles. The molecule has 0 radical (unpaired) electrons. The summed E-state index contributed by atoms with van der Waals surface area (Å²) in [5, 5.41) is 9.01. The molecule has 1 rings (SSSR count). The maximum Gasteiger partial charge on any atom is 0.0648 e. The number of aliphatic hydroxyl groups excluding tert-OH is 1.